The highest BCUT2D eigenvalue weighted by molar-refractivity contribution is 5.94. The molecule has 110 valence electrons. The van der Waals surface area contributed by atoms with E-state index in [-0.39, 0.29) is 11.8 Å². The van der Waals surface area contributed by atoms with Crippen LogP contribution in [-0.2, 0) is 17.8 Å². The van der Waals surface area contributed by atoms with Crippen LogP contribution in [0, 0.1) is 5.92 Å². The standard InChI is InChI=1S/C17H20N2O2/c1-2-15-9-10-16(21-15)11-18-13-5-7-14(8-6-13)19-17(20)12-3-4-12/h5-10,12,18H,2-4,11H2,1H3,(H,19,20). The predicted molar refractivity (Wildman–Crippen MR) is 83.2 cm³/mol. The Bertz CT molecular complexity index is 612. The smallest absolute Gasteiger partial charge is 0.227 e. The third-order valence-corrected chi connectivity index (χ3v) is 3.63. The number of furan rings is 1. The van der Waals surface area contributed by atoms with Crippen molar-refractivity contribution in [1.29, 1.82) is 0 Å². The minimum absolute atomic E-state index is 0.137. The van der Waals surface area contributed by atoms with Crippen LogP contribution in [0.3, 0.4) is 0 Å². The van der Waals surface area contributed by atoms with Gasteiger partial charge in [-0.3, -0.25) is 4.79 Å². The number of amides is 1. The zero-order valence-corrected chi connectivity index (χ0v) is 12.2. The first-order valence-electron chi connectivity index (χ1n) is 7.47. The van der Waals surface area contributed by atoms with Gasteiger partial charge in [0.05, 0.1) is 6.54 Å². The van der Waals surface area contributed by atoms with Gasteiger partial charge in [-0.15, -0.1) is 0 Å². The number of anilines is 2. The first kappa shape index (κ1) is 13.7. The minimum Gasteiger partial charge on any atom is -0.464 e. The highest BCUT2D eigenvalue weighted by Crippen LogP contribution is 2.30. The molecule has 1 aliphatic carbocycles. The summed E-state index contributed by atoms with van der Waals surface area (Å²) in [5.41, 5.74) is 1.86. The average Bonchev–Trinajstić information content (AvgIpc) is 3.26. The summed E-state index contributed by atoms with van der Waals surface area (Å²) in [6, 6.07) is 11.8. The second-order valence-corrected chi connectivity index (χ2v) is 5.42. The first-order valence-corrected chi connectivity index (χ1v) is 7.47. The van der Waals surface area contributed by atoms with Crippen LogP contribution in [0.4, 0.5) is 11.4 Å². The molecular weight excluding hydrogens is 264 g/mol. The molecule has 1 fully saturated rings. The van der Waals surface area contributed by atoms with E-state index in [1.807, 2.05) is 36.4 Å². The summed E-state index contributed by atoms with van der Waals surface area (Å²) in [5, 5.41) is 6.24. The van der Waals surface area contributed by atoms with Crippen molar-refractivity contribution in [2.45, 2.75) is 32.7 Å². The largest absolute Gasteiger partial charge is 0.464 e. The molecule has 1 aromatic heterocycles. The Balaban J connectivity index is 1.52. The van der Waals surface area contributed by atoms with Gasteiger partial charge in [0.15, 0.2) is 0 Å². The van der Waals surface area contributed by atoms with Crippen LogP contribution in [0.5, 0.6) is 0 Å². The molecule has 4 nitrogen and oxygen atoms in total. The van der Waals surface area contributed by atoms with Gasteiger partial charge in [0, 0.05) is 23.7 Å². The summed E-state index contributed by atoms with van der Waals surface area (Å²) in [4.78, 5) is 11.7. The van der Waals surface area contributed by atoms with E-state index in [0.717, 1.165) is 42.2 Å². The number of benzene rings is 1. The van der Waals surface area contributed by atoms with Gasteiger partial charge in [-0.05, 0) is 49.2 Å². The lowest BCUT2D eigenvalue weighted by Crippen LogP contribution is -2.13. The molecule has 21 heavy (non-hydrogen) atoms. The predicted octanol–water partition coefficient (Wildman–Crippen LogP) is 3.80. The summed E-state index contributed by atoms with van der Waals surface area (Å²) in [7, 11) is 0. The summed E-state index contributed by atoms with van der Waals surface area (Å²) in [6.07, 6.45) is 2.96. The van der Waals surface area contributed by atoms with Crippen LogP contribution in [0.1, 0.15) is 31.3 Å². The molecular formula is C17H20N2O2. The maximum atomic E-state index is 11.7. The highest BCUT2D eigenvalue weighted by atomic mass is 16.3. The van der Waals surface area contributed by atoms with Crippen molar-refractivity contribution < 1.29 is 9.21 Å². The molecule has 1 amide bonds. The Labute approximate surface area is 124 Å². The fraction of sp³-hybridized carbons (Fsp3) is 0.353. The molecule has 1 heterocycles. The van der Waals surface area contributed by atoms with Crippen LogP contribution in [0.2, 0.25) is 0 Å². The average molecular weight is 284 g/mol. The van der Waals surface area contributed by atoms with Gasteiger partial charge < -0.3 is 15.1 Å². The van der Waals surface area contributed by atoms with E-state index < -0.39 is 0 Å². The second kappa shape index (κ2) is 6.04. The van der Waals surface area contributed by atoms with E-state index in [4.69, 9.17) is 4.42 Å². The van der Waals surface area contributed by atoms with Crippen molar-refractivity contribution in [1.82, 2.24) is 0 Å². The van der Waals surface area contributed by atoms with Gasteiger partial charge in [-0.2, -0.15) is 0 Å². The van der Waals surface area contributed by atoms with Crippen LogP contribution in [0.25, 0.3) is 0 Å². The van der Waals surface area contributed by atoms with Gasteiger partial charge in [-0.1, -0.05) is 6.92 Å². The van der Waals surface area contributed by atoms with Crippen molar-refractivity contribution in [2.75, 3.05) is 10.6 Å². The molecule has 4 heteroatoms. The van der Waals surface area contributed by atoms with Gasteiger partial charge in [0.2, 0.25) is 5.91 Å². The van der Waals surface area contributed by atoms with E-state index in [1.165, 1.54) is 0 Å². The molecule has 2 N–H and O–H groups in total. The Morgan fingerprint density at radius 3 is 2.38 bits per heavy atom. The SMILES string of the molecule is CCc1ccc(CNc2ccc(NC(=O)C3CC3)cc2)o1. The number of hydrogen-bond acceptors (Lipinski definition) is 3. The molecule has 0 spiro atoms. The lowest BCUT2D eigenvalue weighted by atomic mass is 10.2. The fourth-order valence-corrected chi connectivity index (χ4v) is 2.16. The third-order valence-electron chi connectivity index (χ3n) is 3.63. The monoisotopic (exact) mass is 284 g/mol. The topological polar surface area (TPSA) is 54.3 Å². The highest BCUT2D eigenvalue weighted by Gasteiger charge is 2.29. The minimum atomic E-state index is 0.137. The summed E-state index contributed by atoms with van der Waals surface area (Å²) in [5.74, 6) is 2.30. The third kappa shape index (κ3) is 3.66. The van der Waals surface area contributed by atoms with Crippen molar-refractivity contribution in [3.05, 3.63) is 47.9 Å². The van der Waals surface area contributed by atoms with Crippen molar-refractivity contribution in [3.63, 3.8) is 0 Å². The maximum Gasteiger partial charge on any atom is 0.227 e. The summed E-state index contributed by atoms with van der Waals surface area (Å²) >= 11 is 0. The number of rotatable bonds is 6. The number of nitrogens with one attached hydrogen (secondary N) is 2. The number of hydrogen-bond donors (Lipinski definition) is 2. The normalized spacial score (nSPS) is 14.0. The Kier molecular flexibility index (Phi) is 3.95. The second-order valence-electron chi connectivity index (χ2n) is 5.42. The van der Waals surface area contributed by atoms with E-state index in [9.17, 15) is 4.79 Å². The zero-order valence-electron chi connectivity index (χ0n) is 12.2. The Hall–Kier alpha value is -2.23. The molecule has 1 aromatic carbocycles. The van der Waals surface area contributed by atoms with Gasteiger partial charge in [-0.25, -0.2) is 0 Å². The summed E-state index contributed by atoms with van der Waals surface area (Å²) < 4.78 is 5.64. The van der Waals surface area contributed by atoms with Gasteiger partial charge >= 0.3 is 0 Å². The van der Waals surface area contributed by atoms with E-state index >= 15 is 0 Å². The zero-order chi connectivity index (χ0) is 14.7. The Morgan fingerprint density at radius 2 is 1.76 bits per heavy atom. The van der Waals surface area contributed by atoms with E-state index in [0.29, 0.717) is 6.54 Å². The van der Waals surface area contributed by atoms with Crippen molar-refractivity contribution >= 4 is 17.3 Å². The molecule has 0 saturated heterocycles. The summed E-state index contributed by atoms with van der Waals surface area (Å²) in [6.45, 7) is 2.73. The van der Waals surface area contributed by atoms with Gasteiger partial charge in [0.25, 0.3) is 0 Å². The molecule has 3 rings (SSSR count). The van der Waals surface area contributed by atoms with Crippen LogP contribution in [0.15, 0.2) is 40.8 Å². The first-order chi connectivity index (χ1) is 10.2. The maximum absolute atomic E-state index is 11.7. The molecule has 0 aliphatic heterocycles. The molecule has 0 atom stereocenters. The van der Waals surface area contributed by atoms with Gasteiger partial charge in [0.1, 0.15) is 11.5 Å². The fourth-order valence-electron chi connectivity index (χ4n) is 2.16. The molecule has 0 radical (unpaired) electrons. The van der Waals surface area contributed by atoms with Crippen LogP contribution >= 0.6 is 0 Å². The lowest BCUT2D eigenvalue weighted by Gasteiger charge is -2.07. The Morgan fingerprint density at radius 1 is 1.10 bits per heavy atom. The van der Waals surface area contributed by atoms with E-state index in [2.05, 4.69) is 17.6 Å². The molecule has 1 saturated carbocycles. The van der Waals surface area contributed by atoms with Crippen LogP contribution < -0.4 is 10.6 Å². The molecule has 0 bridgehead atoms. The lowest BCUT2D eigenvalue weighted by molar-refractivity contribution is -0.117. The molecule has 2 aromatic rings. The molecule has 1 aliphatic rings. The van der Waals surface area contributed by atoms with E-state index in [1.54, 1.807) is 0 Å². The van der Waals surface area contributed by atoms with Crippen molar-refractivity contribution in [3.8, 4) is 0 Å². The number of aryl methyl sites for hydroxylation is 1. The van der Waals surface area contributed by atoms with Crippen molar-refractivity contribution in [2.24, 2.45) is 5.92 Å². The quantitative estimate of drug-likeness (QED) is 0.848. The molecule has 0 unspecified atom stereocenters. The number of carbonyl (C=O) groups is 1. The number of carbonyl (C=O) groups excluding carboxylic acids is 1. The van der Waals surface area contributed by atoms with Crippen LogP contribution in [-0.4, -0.2) is 5.91 Å².